The lowest BCUT2D eigenvalue weighted by molar-refractivity contribution is -0.306. The number of ether oxygens (including phenoxy) is 2. The molecule has 1 spiro atoms. The molecule has 1 unspecified atom stereocenters. The Labute approximate surface area is 104 Å². The van der Waals surface area contributed by atoms with Gasteiger partial charge >= 0.3 is 0 Å². The van der Waals surface area contributed by atoms with E-state index in [2.05, 4.69) is 36.4 Å². The highest BCUT2D eigenvalue weighted by atomic mass is 127. The fraction of sp³-hybridized carbons (Fsp3) is 0.909. The van der Waals surface area contributed by atoms with Gasteiger partial charge in [0.1, 0.15) is 5.78 Å². The van der Waals surface area contributed by atoms with E-state index in [1.54, 1.807) is 0 Å². The van der Waals surface area contributed by atoms with Crippen LogP contribution in [0.25, 0.3) is 0 Å². The number of hydrogen-bond acceptors (Lipinski definition) is 3. The highest BCUT2D eigenvalue weighted by molar-refractivity contribution is 14.1. The van der Waals surface area contributed by atoms with Crippen LogP contribution < -0.4 is 0 Å². The molecule has 0 N–H and O–H groups in total. The summed E-state index contributed by atoms with van der Waals surface area (Å²) in [5.41, 5.74) is 0.105. The molecule has 0 aromatic carbocycles. The van der Waals surface area contributed by atoms with E-state index in [1.807, 2.05) is 0 Å². The summed E-state index contributed by atoms with van der Waals surface area (Å²) in [4.78, 5) is 11.4. The zero-order valence-corrected chi connectivity index (χ0v) is 11.4. The summed E-state index contributed by atoms with van der Waals surface area (Å²) in [5, 5.41) is 0. The van der Waals surface area contributed by atoms with E-state index in [9.17, 15) is 4.79 Å². The number of Topliss-reactive ketones (excluding diaryl/α,β-unsaturated/α-hetero) is 1. The highest BCUT2D eigenvalue weighted by Gasteiger charge is 2.45. The maximum absolute atomic E-state index is 11.4. The van der Waals surface area contributed by atoms with E-state index in [4.69, 9.17) is 9.47 Å². The molecule has 86 valence electrons. The Bertz CT molecular complexity index is 265. The molecule has 0 radical (unpaired) electrons. The molecule has 1 aliphatic carbocycles. The summed E-state index contributed by atoms with van der Waals surface area (Å²) >= 11 is 2.19. The second-order valence-electron chi connectivity index (χ2n) is 5.29. The molecule has 2 fully saturated rings. The van der Waals surface area contributed by atoms with Gasteiger partial charge in [-0.2, -0.15) is 0 Å². The van der Waals surface area contributed by atoms with Crippen molar-refractivity contribution in [2.75, 3.05) is 13.2 Å². The van der Waals surface area contributed by atoms with Crippen molar-refractivity contribution in [3.63, 3.8) is 0 Å². The Morgan fingerprint density at radius 2 is 1.93 bits per heavy atom. The highest BCUT2D eigenvalue weighted by Crippen LogP contribution is 2.40. The quantitative estimate of drug-likeness (QED) is 0.507. The third-order valence-corrected chi connectivity index (χ3v) is 4.18. The third kappa shape index (κ3) is 2.53. The van der Waals surface area contributed by atoms with E-state index in [0.29, 0.717) is 18.6 Å². The molecule has 1 saturated carbocycles. The second-order valence-corrected chi connectivity index (χ2v) is 6.79. The smallest absolute Gasteiger partial charge is 0.170 e. The van der Waals surface area contributed by atoms with Gasteiger partial charge in [-0.1, -0.05) is 36.4 Å². The van der Waals surface area contributed by atoms with Crippen LogP contribution in [0.1, 0.15) is 33.1 Å². The predicted molar refractivity (Wildman–Crippen MR) is 65.1 cm³/mol. The standard InChI is InChI=1S/C11H17IO3/c1-10(2)6-14-11(15-7-10)4-3-9(13)8(12)5-11/h8H,3-7H2,1-2H3. The lowest BCUT2D eigenvalue weighted by Crippen LogP contribution is -2.51. The molecule has 2 aliphatic rings. The number of rotatable bonds is 0. The minimum Gasteiger partial charge on any atom is -0.349 e. The largest absolute Gasteiger partial charge is 0.349 e. The van der Waals surface area contributed by atoms with Gasteiger partial charge in [-0.3, -0.25) is 4.79 Å². The van der Waals surface area contributed by atoms with E-state index in [1.165, 1.54) is 0 Å². The molecule has 0 aromatic rings. The molecule has 1 saturated heterocycles. The van der Waals surface area contributed by atoms with Gasteiger partial charge < -0.3 is 9.47 Å². The number of ketones is 1. The molecule has 15 heavy (non-hydrogen) atoms. The molecule has 4 heteroatoms. The number of hydrogen-bond donors (Lipinski definition) is 0. The maximum Gasteiger partial charge on any atom is 0.170 e. The van der Waals surface area contributed by atoms with Crippen LogP contribution in [0.15, 0.2) is 0 Å². The van der Waals surface area contributed by atoms with E-state index in [0.717, 1.165) is 19.6 Å². The average Bonchev–Trinajstić information content (AvgIpc) is 2.18. The van der Waals surface area contributed by atoms with Gasteiger partial charge in [-0.05, 0) is 0 Å². The molecule has 1 aliphatic heterocycles. The number of carbonyl (C=O) groups is 1. The van der Waals surface area contributed by atoms with Gasteiger partial charge in [-0.25, -0.2) is 0 Å². The monoisotopic (exact) mass is 324 g/mol. The first kappa shape index (κ1) is 11.8. The van der Waals surface area contributed by atoms with Gasteiger partial charge in [0.15, 0.2) is 5.79 Å². The molecule has 0 bridgehead atoms. The molecule has 2 rings (SSSR count). The van der Waals surface area contributed by atoms with Crippen LogP contribution in [-0.2, 0) is 14.3 Å². The number of carbonyl (C=O) groups excluding carboxylic acids is 1. The van der Waals surface area contributed by atoms with Crippen LogP contribution in [0.4, 0.5) is 0 Å². The van der Waals surface area contributed by atoms with Crippen molar-refractivity contribution in [3.8, 4) is 0 Å². The van der Waals surface area contributed by atoms with E-state index in [-0.39, 0.29) is 9.34 Å². The summed E-state index contributed by atoms with van der Waals surface area (Å²) in [6, 6.07) is 0. The number of alkyl halides is 1. The van der Waals surface area contributed by atoms with Gasteiger partial charge in [-0.15, -0.1) is 0 Å². The van der Waals surface area contributed by atoms with Crippen molar-refractivity contribution in [1.82, 2.24) is 0 Å². The Morgan fingerprint density at radius 3 is 2.47 bits per heavy atom. The van der Waals surface area contributed by atoms with Crippen LogP contribution >= 0.6 is 22.6 Å². The SMILES string of the molecule is CC1(C)COC2(CCC(=O)C(I)C2)OC1. The van der Waals surface area contributed by atoms with Gasteiger partial charge in [0.25, 0.3) is 0 Å². The molecular formula is C11H17IO3. The van der Waals surface area contributed by atoms with Gasteiger partial charge in [0.05, 0.1) is 17.1 Å². The fourth-order valence-electron chi connectivity index (χ4n) is 1.96. The first-order chi connectivity index (χ1) is 6.93. The molecule has 1 atom stereocenters. The average molecular weight is 324 g/mol. The Kier molecular flexibility index (Phi) is 3.12. The lowest BCUT2D eigenvalue weighted by Gasteiger charge is -2.46. The zero-order valence-electron chi connectivity index (χ0n) is 9.22. The van der Waals surface area contributed by atoms with Crippen LogP contribution in [-0.4, -0.2) is 28.7 Å². The normalized spacial score (nSPS) is 34.3. The molecule has 0 amide bonds. The minimum absolute atomic E-state index is 0.0533. The van der Waals surface area contributed by atoms with E-state index >= 15 is 0 Å². The number of halogens is 1. The fourth-order valence-corrected chi connectivity index (χ4v) is 2.94. The topological polar surface area (TPSA) is 35.5 Å². The summed E-state index contributed by atoms with van der Waals surface area (Å²) in [6.07, 6.45) is 2.03. The summed E-state index contributed by atoms with van der Waals surface area (Å²) < 4.78 is 11.8. The molecular weight excluding hydrogens is 307 g/mol. The predicted octanol–water partition coefficient (Wildman–Crippen LogP) is 2.31. The lowest BCUT2D eigenvalue weighted by atomic mass is 9.89. The molecule has 1 heterocycles. The Balaban J connectivity index is 2.01. The minimum atomic E-state index is -0.463. The maximum atomic E-state index is 11.4. The van der Waals surface area contributed by atoms with Crippen LogP contribution in [0, 0.1) is 5.41 Å². The van der Waals surface area contributed by atoms with Crippen LogP contribution in [0.3, 0.4) is 0 Å². The van der Waals surface area contributed by atoms with Crippen molar-refractivity contribution >= 4 is 28.4 Å². The summed E-state index contributed by atoms with van der Waals surface area (Å²) in [6.45, 7) is 5.72. The van der Waals surface area contributed by atoms with Gasteiger partial charge in [0, 0.05) is 24.7 Å². The first-order valence-electron chi connectivity index (χ1n) is 5.37. The first-order valence-corrected chi connectivity index (χ1v) is 6.62. The van der Waals surface area contributed by atoms with Crippen LogP contribution in [0.5, 0.6) is 0 Å². The van der Waals surface area contributed by atoms with Gasteiger partial charge in [0.2, 0.25) is 0 Å². The van der Waals surface area contributed by atoms with Crippen LogP contribution in [0.2, 0.25) is 0 Å². The molecule has 3 nitrogen and oxygen atoms in total. The second kappa shape index (κ2) is 3.96. The zero-order chi connectivity index (χ0) is 11.1. The summed E-state index contributed by atoms with van der Waals surface area (Å²) in [7, 11) is 0. The Morgan fingerprint density at radius 1 is 1.33 bits per heavy atom. The van der Waals surface area contributed by atoms with Crippen molar-refractivity contribution in [2.45, 2.75) is 42.8 Å². The van der Waals surface area contributed by atoms with E-state index < -0.39 is 5.79 Å². The third-order valence-electron chi connectivity index (χ3n) is 3.04. The molecule has 0 aromatic heterocycles. The van der Waals surface area contributed by atoms with Crippen molar-refractivity contribution < 1.29 is 14.3 Å². The Hall–Kier alpha value is 0.320. The van der Waals surface area contributed by atoms with Crippen molar-refractivity contribution in [3.05, 3.63) is 0 Å². The van der Waals surface area contributed by atoms with Crippen molar-refractivity contribution in [2.24, 2.45) is 5.41 Å². The van der Waals surface area contributed by atoms with Crippen molar-refractivity contribution in [1.29, 1.82) is 0 Å². The summed E-state index contributed by atoms with van der Waals surface area (Å²) in [5.74, 6) is -0.131.